The molecule has 0 saturated heterocycles. The monoisotopic (exact) mass is 213 g/mol. The highest BCUT2D eigenvalue weighted by Crippen LogP contribution is 2.27. The molecule has 86 valence electrons. The average molecular weight is 213 g/mol. The summed E-state index contributed by atoms with van der Waals surface area (Å²) in [4.78, 5) is 10.8. The van der Waals surface area contributed by atoms with Crippen molar-refractivity contribution >= 4 is 0 Å². The molecule has 4 heteroatoms. The van der Waals surface area contributed by atoms with E-state index in [1.807, 2.05) is 0 Å². The molecule has 1 rings (SSSR count). The second-order valence-electron chi connectivity index (χ2n) is 4.20. The smallest absolute Gasteiger partial charge is 0.263 e. The van der Waals surface area contributed by atoms with E-state index >= 15 is 0 Å². The molecule has 0 amide bonds. The Morgan fingerprint density at radius 3 is 2.93 bits per heavy atom. The third-order valence-corrected chi connectivity index (χ3v) is 2.96. The molecule has 0 unspecified atom stereocenters. The number of nitro groups is 1. The highest BCUT2D eigenvalue weighted by atomic mass is 16.6. The highest BCUT2D eigenvalue weighted by Gasteiger charge is 2.45. The van der Waals surface area contributed by atoms with Crippen molar-refractivity contribution < 1.29 is 9.66 Å². The van der Waals surface area contributed by atoms with Gasteiger partial charge in [-0.2, -0.15) is 0 Å². The molecule has 1 aliphatic heterocycles. The molecule has 0 saturated carbocycles. The van der Waals surface area contributed by atoms with Crippen molar-refractivity contribution in [2.75, 3.05) is 6.61 Å². The Kier molecular flexibility index (Phi) is 4.27. The van der Waals surface area contributed by atoms with Crippen LogP contribution >= 0.6 is 0 Å². The fourth-order valence-corrected chi connectivity index (χ4v) is 1.87. The summed E-state index contributed by atoms with van der Waals surface area (Å²) < 4.78 is 5.47. The zero-order valence-corrected chi connectivity index (χ0v) is 9.44. The molecule has 0 radical (unpaired) electrons. The van der Waals surface area contributed by atoms with Gasteiger partial charge in [-0.15, -0.1) is 0 Å². The number of nitrogens with zero attached hydrogens (tertiary/aromatic N) is 1. The van der Waals surface area contributed by atoms with E-state index in [2.05, 4.69) is 6.92 Å². The van der Waals surface area contributed by atoms with E-state index in [0.29, 0.717) is 6.61 Å². The van der Waals surface area contributed by atoms with Crippen LogP contribution in [0.1, 0.15) is 39.5 Å². The molecule has 0 aromatic carbocycles. The lowest BCUT2D eigenvalue weighted by Gasteiger charge is -2.30. The maximum absolute atomic E-state index is 11.0. The largest absolute Gasteiger partial charge is 0.366 e. The molecule has 0 fully saturated rings. The van der Waals surface area contributed by atoms with E-state index in [4.69, 9.17) is 4.74 Å². The minimum absolute atomic E-state index is 0.237. The van der Waals surface area contributed by atoms with Gasteiger partial charge >= 0.3 is 0 Å². The number of hydrogen-bond acceptors (Lipinski definition) is 3. The number of rotatable bonds is 5. The number of hydrogen-bond donors (Lipinski definition) is 0. The highest BCUT2D eigenvalue weighted by molar-refractivity contribution is 5.06. The van der Waals surface area contributed by atoms with Gasteiger partial charge in [-0.25, -0.2) is 0 Å². The second kappa shape index (κ2) is 5.26. The van der Waals surface area contributed by atoms with E-state index in [1.54, 1.807) is 19.1 Å². The Hall–Kier alpha value is -0.900. The quantitative estimate of drug-likeness (QED) is 0.305. The fraction of sp³-hybridized carbons (Fsp3) is 0.818. The third kappa shape index (κ3) is 2.78. The van der Waals surface area contributed by atoms with Crippen LogP contribution in [0.2, 0.25) is 0 Å². The molecule has 2 atom stereocenters. The summed E-state index contributed by atoms with van der Waals surface area (Å²) in [6.07, 6.45) is 7.14. The van der Waals surface area contributed by atoms with Crippen molar-refractivity contribution in [3.8, 4) is 0 Å². The van der Waals surface area contributed by atoms with Crippen LogP contribution in [0.15, 0.2) is 12.2 Å². The lowest BCUT2D eigenvalue weighted by molar-refractivity contribution is -0.565. The van der Waals surface area contributed by atoms with E-state index in [-0.39, 0.29) is 11.0 Å². The summed E-state index contributed by atoms with van der Waals surface area (Å²) in [6, 6.07) is 0. The van der Waals surface area contributed by atoms with Gasteiger partial charge in [0, 0.05) is 11.8 Å². The number of ether oxygens (including phenoxy) is 1. The van der Waals surface area contributed by atoms with Crippen LogP contribution in [0.5, 0.6) is 0 Å². The average Bonchev–Trinajstić information content (AvgIpc) is 2.21. The van der Waals surface area contributed by atoms with Crippen molar-refractivity contribution in [3.63, 3.8) is 0 Å². The standard InChI is InChI=1S/C11H19NO3/c1-3-4-5-7-10-11(2,12(13)14)8-6-9-15-10/h6,8,10H,3-5,7,9H2,1-2H3/t10-,11+/m0/s1. The van der Waals surface area contributed by atoms with Crippen LogP contribution in [0.4, 0.5) is 0 Å². The second-order valence-corrected chi connectivity index (χ2v) is 4.20. The van der Waals surface area contributed by atoms with Crippen LogP contribution in [-0.4, -0.2) is 23.2 Å². The van der Waals surface area contributed by atoms with Gasteiger partial charge in [0.15, 0.2) is 0 Å². The molecule has 0 bridgehead atoms. The minimum atomic E-state index is -1.04. The van der Waals surface area contributed by atoms with Gasteiger partial charge in [0.25, 0.3) is 5.54 Å². The molecular weight excluding hydrogens is 194 g/mol. The molecule has 0 aromatic heterocycles. The maximum Gasteiger partial charge on any atom is 0.263 e. The van der Waals surface area contributed by atoms with Crippen molar-refractivity contribution in [2.45, 2.75) is 51.2 Å². The van der Waals surface area contributed by atoms with E-state index < -0.39 is 5.54 Å². The summed E-state index contributed by atoms with van der Waals surface area (Å²) in [5.74, 6) is 0. The molecule has 0 spiro atoms. The SMILES string of the molecule is CCCCC[C@@H]1OCC=C[C@@]1(C)[N+](=O)[O-]. The van der Waals surface area contributed by atoms with E-state index in [0.717, 1.165) is 25.7 Å². The molecule has 0 aromatic rings. The zero-order valence-electron chi connectivity index (χ0n) is 9.44. The van der Waals surface area contributed by atoms with Crippen LogP contribution in [0, 0.1) is 10.1 Å². The van der Waals surface area contributed by atoms with Crippen LogP contribution < -0.4 is 0 Å². The molecule has 15 heavy (non-hydrogen) atoms. The topological polar surface area (TPSA) is 52.4 Å². The minimum Gasteiger partial charge on any atom is -0.366 e. The summed E-state index contributed by atoms with van der Waals surface area (Å²) >= 11 is 0. The predicted molar refractivity (Wildman–Crippen MR) is 58.4 cm³/mol. The normalized spacial score (nSPS) is 30.4. The van der Waals surface area contributed by atoms with Crippen molar-refractivity contribution in [1.29, 1.82) is 0 Å². The Morgan fingerprint density at radius 2 is 2.33 bits per heavy atom. The van der Waals surface area contributed by atoms with Crippen LogP contribution in [0.25, 0.3) is 0 Å². The first kappa shape index (κ1) is 12.2. The van der Waals surface area contributed by atoms with E-state index in [9.17, 15) is 10.1 Å². The fourth-order valence-electron chi connectivity index (χ4n) is 1.87. The maximum atomic E-state index is 11.0. The molecule has 4 nitrogen and oxygen atoms in total. The van der Waals surface area contributed by atoms with Gasteiger partial charge in [0.2, 0.25) is 0 Å². The third-order valence-electron chi connectivity index (χ3n) is 2.96. The summed E-state index contributed by atoms with van der Waals surface area (Å²) in [7, 11) is 0. The Bertz CT molecular complexity index is 252. The van der Waals surface area contributed by atoms with Gasteiger partial charge in [0.1, 0.15) is 6.10 Å². The zero-order chi connectivity index (χ0) is 11.3. The molecular formula is C11H19NO3. The first-order chi connectivity index (χ1) is 7.11. The molecule has 0 aliphatic carbocycles. The predicted octanol–water partition coefficient (Wildman–Crippen LogP) is 2.56. The van der Waals surface area contributed by atoms with Crippen LogP contribution in [-0.2, 0) is 4.74 Å². The summed E-state index contributed by atoms with van der Waals surface area (Å²) in [5, 5.41) is 11.0. The number of unbranched alkanes of at least 4 members (excludes halogenated alkanes) is 2. The first-order valence-corrected chi connectivity index (χ1v) is 5.55. The Balaban J connectivity index is 2.61. The van der Waals surface area contributed by atoms with Gasteiger partial charge in [-0.3, -0.25) is 10.1 Å². The van der Waals surface area contributed by atoms with E-state index in [1.165, 1.54) is 0 Å². The van der Waals surface area contributed by atoms with Gasteiger partial charge in [0.05, 0.1) is 6.61 Å². The lowest BCUT2D eigenvalue weighted by Crippen LogP contribution is -2.48. The Labute approximate surface area is 90.5 Å². The van der Waals surface area contributed by atoms with Gasteiger partial charge in [-0.1, -0.05) is 32.3 Å². The molecule has 1 heterocycles. The molecule has 0 N–H and O–H groups in total. The van der Waals surface area contributed by atoms with Crippen molar-refractivity contribution in [2.24, 2.45) is 0 Å². The van der Waals surface area contributed by atoms with Crippen LogP contribution in [0.3, 0.4) is 0 Å². The van der Waals surface area contributed by atoms with Crippen molar-refractivity contribution in [3.05, 3.63) is 22.3 Å². The van der Waals surface area contributed by atoms with Gasteiger partial charge in [-0.05, 0) is 12.5 Å². The summed E-state index contributed by atoms with van der Waals surface area (Å²) in [5.41, 5.74) is -1.04. The lowest BCUT2D eigenvalue weighted by atomic mass is 9.89. The summed E-state index contributed by atoms with van der Waals surface area (Å²) in [6.45, 7) is 4.26. The first-order valence-electron chi connectivity index (χ1n) is 5.55. The van der Waals surface area contributed by atoms with Crippen molar-refractivity contribution in [1.82, 2.24) is 0 Å². The Morgan fingerprint density at radius 1 is 1.60 bits per heavy atom. The molecule has 1 aliphatic rings. The van der Waals surface area contributed by atoms with Gasteiger partial charge < -0.3 is 4.74 Å².